The third-order valence-corrected chi connectivity index (χ3v) is 2.80. The second-order valence-corrected chi connectivity index (χ2v) is 5.89. The Morgan fingerprint density at radius 1 is 1.17 bits per heavy atom. The van der Waals surface area contributed by atoms with Crippen molar-refractivity contribution in [1.82, 2.24) is 10.6 Å². The Balaban J connectivity index is 3.77. The molecular formula is C14H30N2O2. The van der Waals surface area contributed by atoms with E-state index in [2.05, 4.69) is 24.5 Å². The van der Waals surface area contributed by atoms with Crippen LogP contribution >= 0.6 is 0 Å². The molecule has 0 aliphatic carbocycles. The first-order valence-electron chi connectivity index (χ1n) is 6.98. The molecule has 1 atom stereocenters. The molecule has 1 amide bonds. The number of amides is 1. The number of alkyl carbamates (subject to hydrolysis) is 1. The Kier molecular flexibility index (Phi) is 8.00. The number of carbonyl (C=O) groups excluding carboxylic acids is 1. The fraction of sp³-hybridized carbons (Fsp3) is 0.929. The Bertz CT molecular complexity index is 232. The molecule has 0 spiro atoms. The smallest absolute Gasteiger partial charge is 0.407 e. The zero-order valence-electron chi connectivity index (χ0n) is 12.8. The van der Waals surface area contributed by atoms with Crippen LogP contribution in [-0.2, 0) is 4.74 Å². The van der Waals surface area contributed by atoms with Crippen LogP contribution in [0.25, 0.3) is 0 Å². The van der Waals surface area contributed by atoms with Crippen molar-refractivity contribution in [3.05, 3.63) is 0 Å². The van der Waals surface area contributed by atoms with Crippen molar-refractivity contribution >= 4 is 6.09 Å². The molecule has 0 aliphatic rings. The van der Waals surface area contributed by atoms with Gasteiger partial charge in [0.15, 0.2) is 0 Å². The maximum absolute atomic E-state index is 11.5. The summed E-state index contributed by atoms with van der Waals surface area (Å²) in [5.41, 5.74) is -0.438. The van der Waals surface area contributed by atoms with Gasteiger partial charge >= 0.3 is 6.09 Å². The molecule has 18 heavy (non-hydrogen) atoms. The zero-order valence-corrected chi connectivity index (χ0v) is 12.8. The summed E-state index contributed by atoms with van der Waals surface area (Å²) in [7, 11) is 0. The van der Waals surface area contributed by atoms with Gasteiger partial charge in [-0.3, -0.25) is 0 Å². The van der Waals surface area contributed by atoms with Crippen LogP contribution < -0.4 is 10.6 Å². The van der Waals surface area contributed by atoms with Gasteiger partial charge in [0, 0.05) is 12.6 Å². The van der Waals surface area contributed by atoms with E-state index in [1.54, 1.807) is 0 Å². The number of rotatable bonds is 7. The Labute approximate surface area is 112 Å². The van der Waals surface area contributed by atoms with Crippen molar-refractivity contribution < 1.29 is 9.53 Å². The summed E-state index contributed by atoms with van der Waals surface area (Å²) in [6, 6.07) is 0.0780. The van der Waals surface area contributed by atoms with Gasteiger partial charge < -0.3 is 15.4 Å². The Morgan fingerprint density at radius 3 is 2.17 bits per heavy atom. The second-order valence-electron chi connectivity index (χ2n) is 5.89. The van der Waals surface area contributed by atoms with Crippen LogP contribution in [0.1, 0.15) is 54.4 Å². The predicted molar refractivity (Wildman–Crippen MR) is 75.8 cm³/mol. The molecule has 108 valence electrons. The van der Waals surface area contributed by atoms with Crippen LogP contribution in [0.2, 0.25) is 0 Å². The standard InChI is InChI=1S/C14H30N2O2/c1-7-12(8-2)10-15-9-11(3)16-13(17)18-14(4,5)6/h11-12,15H,7-10H2,1-6H3,(H,16,17). The lowest BCUT2D eigenvalue weighted by Gasteiger charge is -2.22. The highest BCUT2D eigenvalue weighted by Gasteiger charge is 2.17. The van der Waals surface area contributed by atoms with Crippen LogP contribution in [0.4, 0.5) is 4.79 Å². The maximum Gasteiger partial charge on any atom is 0.407 e. The van der Waals surface area contributed by atoms with Crippen LogP contribution in [-0.4, -0.2) is 30.8 Å². The van der Waals surface area contributed by atoms with Gasteiger partial charge in [0.25, 0.3) is 0 Å². The van der Waals surface area contributed by atoms with E-state index >= 15 is 0 Å². The largest absolute Gasteiger partial charge is 0.444 e. The van der Waals surface area contributed by atoms with E-state index in [0.29, 0.717) is 0 Å². The van der Waals surface area contributed by atoms with Gasteiger partial charge in [0.1, 0.15) is 5.60 Å². The average Bonchev–Trinajstić information content (AvgIpc) is 2.21. The predicted octanol–water partition coefficient (Wildman–Crippen LogP) is 2.93. The molecule has 4 heteroatoms. The zero-order chi connectivity index (χ0) is 14.2. The monoisotopic (exact) mass is 258 g/mol. The Morgan fingerprint density at radius 2 is 1.72 bits per heavy atom. The highest BCUT2D eigenvalue weighted by Crippen LogP contribution is 2.07. The molecule has 0 saturated heterocycles. The first-order valence-corrected chi connectivity index (χ1v) is 6.98. The van der Waals surface area contributed by atoms with Crippen LogP contribution in [0.3, 0.4) is 0 Å². The third kappa shape index (κ3) is 9.28. The van der Waals surface area contributed by atoms with Crippen LogP contribution in [0, 0.1) is 5.92 Å². The first-order chi connectivity index (χ1) is 8.28. The molecular weight excluding hydrogens is 228 g/mol. The fourth-order valence-electron chi connectivity index (χ4n) is 1.64. The molecule has 0 saturated carbocycles. The van der Waals surface area contributed by atoms with E-state index in [1.807, 2.05) is 27.7 Å². The molecule has 2 N–H and O–H groups in total. The van der Waals surface area contributed by atoms with Gasteiger partial charge in [-0.1, -0.05) is 26.7 Å². The van der Waals surface area contributed by atoms with Gasteiger partial charge in [-0.2, -0.15) is 0 Å². The molecule has 0 aromatic rings. The van der Waals surface area contributed by atoms with Crippen LogP contribution in [0.5, 0.6) is 0 Å². The van der Waals surface area contributed by atoms with Gasteiger partial charge in [0.2, 0.25) is 0 Å². The number of hydrogen-bond donors (Lipinski definition) is 2. The quantitative estimate of drug-likeness (QED) is 0.738. The second kappa shape index (κ2) is 8.35. The van der Waals surface area contributed by atoms with E-state index in [1.165, 1.54) is 12.8 Å². The van der Waals surface area contributed by atoms with E-state index < -0.39 is 5.60 Å². The van der Waals surface area contributed by atoms with Crippen molar-refractivity contribution in [2.24, 2.45) is 5.92 Å². The molecule has 0 heterocycles. The first kappa shape index (κ1) is 17.2. The number of hydrogen-bond acceptors (Lipinski definition) is 3. The van der Waals surface area contributed by atoms with E-state index in [9.17, 15) is 4.79 Å². The van der Waals surface area contributed by atoms with Gasteiger partial charge in [0.05, 0.1) is 0 Å². The summed E-state index contributed by atoms with van der Waals surface area (Å²) >= 11 is 0. The number of carbonyl (C=O) groups is 1. The SMILES string of the molecule is CCC(CC)CNCC(C)NC(=O)OC(C)(C)C. The molecule has 0 radical (unpaired) electrons. The molecule has 0 rings (SSSR count). The summed E-state index contributed by atoms with van der Waals surface area (Å²) in [5, 5.41) is 6.21. The average molecular weight is 258 g/mol. The summed E-state index contributed by atoms with van der Waals surface area (Å²) < 4.78 is 5.20. The van der Waals surface area contributed by atoms with Crippen molar-refractivity contribution in [1.29, 1.82) is 0 Å². The summed E-state index contributed by atoms with van der Waals surface area (Å²) in [4.78, 5) is 11.5. The molecule has 1 unspecified atom stereocenters. The van der Waals surface area contributed by atoms with Gasteiger partial charge in [-0.25, -0.2) is 4.79 Å². The summed E-state index contributed by atoms with van der Waals surface area (Å²) in [6.07, 6.45) is 2.04. The molecule has 0 aromatic heterocycles. The van der Waals surface area contributed by atoms with Gasteiger partial charge in [-0.05, 0) is 40.2 Å². The number of nitrogens with one attached hydrogen (secondary N) is 2. The van der Waals surface area contributed by atoms with E-state index in [4.69, 9.17) is 4.74 Å². The third-order valence-electron chi connectivity index (χ3n) is 2.80. The fourth-order valence-corrected chi connectivity index (χ4v) is 1.64. The molecule has 0 bridgehead atoms. The minimum Gasteiger partial charge on any atom is -0.444 e. The lowest BCUT2D eigenvalue weighted by Crippen LogP contribution is -2.43. The highest BCUT2D eigenvalue weighted by atomic mass is 16.6. The summed E-state index contributed by atoms with van der Waals surface area (Å²) in [6.45, 7) is 13.8. The number of ether oxygens (including phenoxy) is 1. The normalized spacial score (nSPS) is 13.5. The van der Waals surface area contributed by atoms with Crippen molar-refractivity contribution in [3.63, 3.8) is 0 Å². The van der Waals surface area contributed by atoms with E-state index in [-0.39, 0.29) is 12.1 Å². The molecule has 0 aromatic carbocycles. The highest BCUT2D eigenvalue weighted by molar-refractivity contribution is 5.68. The minimum atomic E-state index is -0.438. The lowest BCUT2D eigenvalue weighted by molar-refractivity contribution is 0.0508. The minimum absolute atomic E-state index is 0.0780. The maximum atomic E-state index is 11.5. The topological polar surface area (TPSA) is 50.4 Å². The van der Waals surface area contributed by atoms with E-state index in [0.717, 1.165) is 19.0 Å². The Hall–Kier alpha value is -0.770. The van der Waals surface area contributed by atoms with Crippen molar-refractivity contribution in [2.75, 3.05) is 13.1 Å². The summed E-state index contributed by atoms with van der Waals surface area (Å²) in [5.74, 6) is 0.721. The molecule has 0 aliphatic heterocycles. The molecule has 4 nitrogen and oxygen atoms in total. The van der Waals surface area contributed by atoms with Crippen molar-refractivity contribution in [2.45, 2.75) is 66.0 Å². The van der Waals surface area contributed by atoms with Crippen molar-refractivity contribution in [3.8, 4) is 0 Å². The molecule has 0 fully saturated rings. The van der Waals surface area contributed by atoms with Gasteiger partial charge in [-0.15, -0.1) is 0 Å². The van der Waals surface area contributed by atoms with Crippen LogP contribution in [0.15, 0.2) is 0 Å². The lowest BCUT2D eigenvalue weighted by atomic mass is 10.0.